The van der Waals surface area contributed by atoms with Crippen LogP contribution in [0, 0.1) is 0 Å². The van der Waals surface area contributed by atoms with Gasteiger partial charge in [-0.1, -0.05) is 91.0 Å². The zero-order valence-electron chi connectivity index (χ0n) is 24.0. The summed E-state index contributed by atoms with van der Waals surface area (Å²) in [6, 6.07) is 42.4. The van der Waals surface area contributed by atoms with Crippen LogP contribution in [0.5, 0.6) is 0 Å². The lowest BCUT2D eigenvalue weighted by atomic mass is 9.84. The number of nitrogens with zero attached hydrogens (tertiary/aromatic N) is 3. The first kappa shape index (κ1) is 25.8. The van der Waals surface area contributed by atoms with Crippen molar-refractivity contribution in [2.24, 2.45) is 0 Å². The van der Waals surface area contributed by atoms with Crippen molar-refractivity contribution in [2.45, 2.75) is 0 Å². The van der Waals surface area contributed by atoms with Crippen LogP contribution in [0.4, 0.5) is 0 Å². The van der Waals surface area contributed by atoms with Gasteiger partial charge in [0.05, 0.1) is 22.8 Å². The van der Waals surface area contributed by atoms with E-state index in [4.69, 9.17) is 4.98 Å². The van der Waals surface area contributed by atoms with Crippen LogP contribution in [0.2, 0.25) is 0 Å². The molecule has 0 fully saturated rings. The Hall–Kier alpha value is -5.87. The molecule has 0 amide bonds. The minimum Gasteiger partial charge on any atom is -0.379 e. The third-order valence-corrected chi connectivity index (χ3v) is 8.29. The quantitative estimate of drug-likeness (QED) is 0.212. The van der Waals surface area contributed by atoms with Crippen molar-refractivity contribution in [3.63, 3.8) is 0 Å². The van der Waals surface area contributed by atoms with E-state index in [1.165, 1.54) is 49.4 Å². The molecule has 1 N–H and O–H groups in total. The smallest absolute Gasteiger partial charge is 0.0886 e. The molecule has 208 valence electrons. The molecule has 0 saturated heterocycles. The van der Waals surface area contributed by atoms with Crippen LogP contribution in [-0.2, 0) is 0 Å². The van der Waals surface area contributed by atoms with Gasteiger partial charge in [0, 0.05) is 30.7 Å². The van der Waals surface area contributed by atoms with Gasteiger partial charge in [-0.15, -0.1) is 0 Å². The second-order valence-corrected chi connectivity index (χ2v) is 10.9. The van der Waals surface area contributed by atoms with E-state index in [9.17, 15) is 0 Å². The lowest BCUT2D eigenvalue weighted by Gasteiger charge is -2.23. The topological polar surface area (TPSA) is 50.7 Å². The lowest BCUT2D eigenvalue weighted by Crippen LogP contribution is -2.19. The predicted molar refractivity (Wildman–Crippen MR) is 182 cm³/mol. The first-order valence-corrected chi connectivity index (χ1v) is 14.8. The van der Waals surface area contributed by atoms with Crippen LogP contribution in [0.25, 0.3) is 66.5 Å². The molecule has 0 bridgehead atoms. The van der Waals surface area contributed by atoms with Crippen molar-refractivity contribution in [2.75, 3.05) is 6.54 Å². The number of rotatable bonds is 5. The molecule has 0 spiro atoms. The van der Waals surface area contributed by atoms with E-state index in [2.05, 4.69) is 112 Å². The van der Waals surface area contributed by atoms with Crippen LogP contribution in [0.1, 0.15) is 11.3 Å². The van der Waals surface area contributed by atoms with Crippen molar-refractivity contribution < 1.29 is 0 Å². The average Bonchev–Trinajstić information content (AvgIpc) is 3.12. The van der Waals surface area contributed by atoms with Crippen molar-refractivity contribution in [3.8, 4) is 33.6 Å². The Morgan fingerprint density at radius 1 is 0.455 bits per heavy atom. The van der Waals surface area contributed by atoms with E-state index in [-0.39, 0.29) is 0 Å². The van der Waals surface area contributed by atoms with Crippen LogP contribution in [0.3, 0.4) is 0 Å². The molecule has 0 atom stereocenters. The third kappa shape index (κ3) is 4.63. The van der Waals surface area contributed by atoms with Crippen LogP contribution >= 0.6 is 0 Å². The molecule has 8 rings (SSSR count). The zero-order valence-corrected chi connectivity index (χ0v) is 24.0. The highest BCUT2D eigenvalue weighted by Crippen LogP contribution is 2.43. The second kappa shape index (κ2) is 11.1. The van der Waals surface area contributed by atoms with Gasteiger partial charge in [-0.3, -0.25) is 15.0 Å². The molecule has 44 heavy (non-hydrogen) atoms. The van der Waals surface area contributed by atoms with Gasteiger partial charge in [0.2, 0.25) is 0 Å². The standard InChI is InChI=1S/C40H28N4/c1-2-10-27(11-3-1)28-16-19-33-34(24-28)40(30-18-21-38(44-26-30)36-15-7-9-23-42-36)32-13-5-4-12-31(32)39(33)29-17-20-37(43-25-29)35-14-6-8-22-41-35/h1-25,44H,26H2. The number of allylic oxidation sites excluding steroid dienone is 2. The number of hydrogen-bond donors (Lipinski definition) is 1. The first-order valence-electron chi connectivity index (χ1n) is 14.8. The molecule has 4 nitrogen and oxygen atoms in total. The average molecular weight is 565 g/mol. The van der Waals surface area contributed by atoms with E-state index in [0.29, 0.717) is 6.54 Å². The Morgan fingerprint density at radius 2 is 1.11 bits per heavy atom. The molecular formula is C40H28N4. The molecule has 0 radical (unpaired) electrons. The van der Waals surface area contributed by atoms with E-state index in [0.717, 1.165) is 28.3 Å². The predicted octanol–water partition coefficient (Wildman–Crippen LogP) is 9.21. The fourth-order valence-corrected chi connectivity index (χ4v) is 6.22. The molecule has 0 saturated carbocycles. The fraction of sp³-hybridized carbons (Fsp3) is 0.0250. The van der Waals surface area contributed by atoms with Gasteiger partial charge in [-0.25, -0.2) is 0 Å². The number of dihydropyridines is 1. The summed E-state index contributed by atoms with van der Waals surface area (Å²) in [5.41, 5.74) is 10.9. The highest BCUT2D eigenvalue weighted by molar-refractivity contribution is 6.19. The van der Waals surface area contributed by atoms with E-state index in [1.807, 2.05) is 48.8 Å². The van der Waals surface area contributed by atoms with Crippen LogP contribution in [-0.4, -0.2) is 21.5 Å². The van der Waals surface area contributed by atoms with E-state index in [1.54, 1.807) is 6.20 Å². The Kier molecular flexibility index (Phi) is 6.50. The molecule has 0 aliphatic carbocycles. The Morgan fingerprint density at radius 3 is 1.80 bits per heavy atom. The summed E-state index contributed by atoms with van der Waals surface area (Å²) in [5.74, 6) is 0. The maximum Gasteiger partial charge on any atom is 0.0886 e. The zero-order chi connectivity index (χ0) is 29.3. The van der Waals surface area contributed by atoms with Crippen LogP contribution < -0.4 is 5.32 Å². The third-order valence-electron chi connectivity index (χ3n) is 8.29. The van der Waals surface area contributed by atoms with Gasteiger partial charge < -0.3 is 5.32 Å². The molecule has 1 aliphatic heterocycles. The highest BCUT2D eigenvalue weighted by atomic mass is 14.9. The Labute approximate surface area is 256 Å². The number of nitrogens with one attached hydrogen (secondary N) is 1. The fourth-order valence-electron chi connectivity index (χ4n) is 6.22. The molecule has 1 aliphatic rings. The highest BCUT2D eigenvalue weighted by Gasteiger charge is 2.20. The van der Waals surface area contributed by atoms with Gasteiger partial charge in [0.1, 0.15) is 0 Å². The number of aromatic nitrogens is 3. The second-order valence-electron chi connectivity index (χ2n) is 10.9. The summed E-state index contributed by atoms with van der Waals surface area (Å²) in [4.78, 5) is 13.9. The molecule has 4 heteroatoms. The largest absolute Gasteiger partial charge is 0.379 e. The van der Waals surface area contributed by atoms with Crippen LogP contribution in [0.15, 0.2) is 152 Å². The summed E-state index contributed by atoms with van der Waals surface area (Å²) in [5, 5.41) is 8.48. The van der Waals surface area contributed by atoms with Gasteiger partial charge in [-0.05, 0) is 91.8 Å². The van der Waals surface area contributed by atoms with E-state index >= 15 is 0 Å². The molecule has 3 aromatic heterocycles. The van der Waals surface area contributed by atoms with Crippen molar-refractivity contribution in [1.29, 1.82) is 0 Å². The summed E-state index contributed by atoms with van der Waals surface area (Å²) >= 11 is 0. The maximum absolute atomic E-state index is 4.86. The monoisotopic (exact) mass is 564 g/mol. The number of fused-ring (bicyclic) bond motifs is 2. The van der Waals surface area contributed by atoms with Crippen molar-refractivity contribution in [1.82, 2.24) is 20.3 Å². The summed E-state index contributed by atoms with van der Waals surface area (Å²) in [6.07, 6.45) is 10.0. The summed E-state index contributed by atoms with van der Waals surface area (Å²) in [7, 11) is 0. The molecule has 0 unspecified atom stereocenters. The lowest BCUT2D eigenvalue weighted by molar-refractivity contribution is 0.996. The number of hydrogen-bond acceptors (Lipinski definition) is 4. The number of pyridine rings is 3. The summed E-state index contributed by atoms with van der Waals surface area (Å²) < 4.78 is 0. The summed E-state index contributed by atoms with van der Waals surface area (Å²) in [6.45, 7) is 0.705. The van der Waals surface area contributed by atoms with Gasteiger partial charge in [0.25, 0.3) is 0 Å². The maximum atomic E-state index is 4.86. The first-order chi connectivity index (χ1) is 21.8. The molecule has 4 heterocycles. The van der Waals surface area contributed by atoms with Gasteiger partial charge in [-0.2, -0.15) is 0 Å². The van der Waals surface area contributed by atoms with Crippen molar-refractivity contribution >= 4 is 32.8 Å². The normalized spacial score (nSPS) is 12.9. The minimum absolute atomic E-state index is 0.705. The Balaban J connectivity index is 1.37. The SMILES string of the molecule is C1=C(c2ccccn2)NCC(c2c3ccccc3c(-c3ccc(-c4ccccn4)nc3)c3ccc(-c4ccccc4)cc23)=C1. The molecule has 4 aromatic carbocycles. The molecular weight excluding hydrogens is 536 g/mol. The van der Waals surface area contributed by atoms with Crippen molar-refractivity contribution in [3.05, 3.63) is 163 Å². The van der Waals surface area contributed by atoms with Gasteiger partial charge in [0.15, 0.2) is 0 Å². The molecule has 7 aromatic rings. The minimum atomic E-state index is 0.705. The number of benzene rings is 4. The van der Waals surface area contributed by atoms with E-state index < -0.39 is 0 Å². The van der Waals surface area contributed by atoms with Gasteiger partial charge >= 0.3 is 0 Å². The Bertz CT molecular complexity index is 2190.